The molecule has 3 atom stereocenters. The summed E-state index contributed by atoms with van der Waals surface area (Å²) in [6.07, 6.45) is 4.89. The number of carbonyl (C=O) groups excluding carboxylic acids is 2. The number of likely N-dealkylation sites (tertiary alicyclic amines) is 1. The Morgan fingerprint density at radius 2 is 1.52 bits per heavy atom. The monoisotopic (exact) mass is 749 g/mol. The molecule has 12 heteroatoms. The van der Waals surface area contributed by atoms with Crippen molar-refractivity contribution in [2.45, 2.75) is 44.9 Å². The van der Waals surface area contributed by atoms with Crippen molar-refractivity contribution in [2.75, 3.05) is 44.7 Å². The van der Waals surface area contributed by atoms with Crippen LogP contribution in [0.2, 0.25) is 5.02 Å². The first-order valence-corrected chi connectivity index (χ1v) is 18.5. The fourth-order valence-corrected chi connectivity index (χ4v) is 7.35. The molecule has 2 aromatic heterocycles. The van der Waals surface area contributed by atoms with E-state index in [9.17, 15) is 9.59 Å². The van der Waals surface area contributed by atoms with E-state index in [1.165, 1.54) is 0 Å². The van der Waals surface area contributed by atoms with E-state index in [4.69, 9.17) is 26.1 Å². The number of methoxy groups -OCH3 is 2. The molecule has 282 valence electrons. The number of urea groups is 1. The zero-order valence-corrected chi connectivity index (χ0v) is 32.5. The Bertz CT molecular complexity index is 1990. The van der Waals surface area contributed by atoms with E-state index in [1.54, 1.807) is 60.0 Å². The van der Waals surface area contributed by atoms with Crippen molar-refractivity contribution in [1.82, 2.24) is 24.6 Å². The largest absolute Gasteiger partial charge is 0.497 e. The molecule has 6 rings (SSSR count). The summed E-state index contributed by atoms with van der Waals surface area (Å²) in [5.74, 6) is 2.63. The Labute approximate surface area is 322 Å². The number of halogens is 1. The average Bonchev–Trinajstić information content (AvgIpc) is 3.62. The van der Waals surface area contributed by atoms with Crippen molar-refractivity contribution in [3.05, 3.63) is 131 Å². The van der Waals surface area contributed by atoms with Crippen molar-refractivity contribution in [3.63, 3.8) is 0 Å². The van der Waals surface area contributed by atoms with Gasteiger partial charge in [0.15, 0.2) is 5.82 Å². The van der Waals surface area contributed by atoms with Crippen LogP contribution in [-0.4, -0.2) is 77.4 Å². The van der Waals surface area contributed by atoms with E-state index in [1.807, 2.05) is 74.8 Å². The second kappa shape index (κ2) is 17.1. The van der Waals surface area contributed by atoms with Crippen LogP contribution in [-0.2, 0) is 31.4 Å². The molecule has 1 saturated heterocycles. The normalized spacial score (nSPS) is 15.6. The fourth-order valence-electron chi connectivity index (χ4n) is 7.15. The minimum atomic E-state index is -0.685. The fraction of sp³-hybridized carbons (Fsp3) is 0.333. The third kappa shape index (κ3) is 8.63. The molecule has 3 heterocycles. The van der Waals surface area contributed by atoms with Crippen molar-refractivity contribution >= 4 is 35.2 Å². The number of rotatable bonds is 14. The Kier molecular flexibility index (Phi) is 12.1. The quantitative estimate of drug-likeness (QED) is 0.117. The minimum absolute atomic E-state index is 0.126. The molecule has 0 N–H and O–H groups in total. The molecule has 0 bridgehead atoms. The number of hydrogen-bond acceptors (Lipinski definition) is 7. The standard InChI is InChI=1S/C42H48ClN7O4/c1-7-37(32-9-8-10-34(43)25-32)47(3)42(52)50-28-33(40(50)41(51)48(4)38-20-22-46(2)45-38)23-31-19-21-44-39(24-31)49(26-29-11-15-35(53-5)16-12-29)27-30-13-17-36(54-6)18-14-30/h8-22,24-25,33,37,40H,7,23,26-28H2,1-6H3/t33-,37+,40-/m0/s1. The van der Waals surface area contributed by atoms with Gasteiger partial charge in [-0.25, -0.2) is 9.78 Å². The third-order valence-corrected chi connectivity index (χ3v) is 10.4. The summed E-state index contributed by atoms with van der Waals surface area (Å²) >= 11 is 6.33. The number of carbonyl (C=O) groups is 2. The van der Waals surface area contributed by atoms with Gasteiger partial charge in [-0.15, -0.1) is 0 Å². The van der Waals surface area contributed by atoms with Crippen molar-refractivity contribution in [1.29, 1.82) is 0 Å². The number of aromatic nitrogens is 3. The summed E-state index contributed by atoms with van der Waals surface area (Å²) < 4.78 is 12.4. The van der Waals surface area contributed by atoms with Gasteiger partial charge in [0.25, 0.3) is 5.91 Å². The Hall–Kier alpha value is -5.55. The zero-order valence-electron chi connectivity index (χ0n) is 31.7. The number of ether oxygens (including phenoxy) is 2. The summed E-state index contributed by atoms with van der Waals surface area (Å²) in [5.41, 5.74) is 4.20. The number of likely N-dealkylation sites (N-methyl/N-ethyl adjacent to an activating group) is 1. The van der Waals surface area contributed by atoms with Crippen LogP contribution in [0.5, 0.6) is 11.5 Å². The summed E-state index contributed by atoms with van der Waals surface area (Å²) in [5, 5.41) is 5.08. The highest BCUT2D eigenvalue weighted by molar-refractivity contribution is 6.30. The van der Waals surface area contributed by atoms with Gasteiger partial charge >= 0.3 is 6.03 Å². The molecule has 3 amide bonds. The predicted octanol–water partition coefficient (Wildman–Crippen LogP) is 7.40. The van der Waals surface area contributed by atoms with E-state index in [0.717, 1.165) is 39.6 Å². The topological polar surface area (TPSA) is 96.3 Å². The van der Waals surface area contributed by atoms with Gasteiger partial charge in [-0.05, 0) is 83.6 Å². The van der Waals surface area contributed by atoms with E-state index >= 15 is 0 Å². The van der Waals surface area contributed by atoms with Gasteiger partial charge < -0.3 is 24.2 Å². The van der Waals surface area contributed by atoms with E-state index in [-0.39, 0.29) is 23.9 Å². The molecule has 1 fully saturated rings. The van der Waals surface area contributed by atoms with Gasteiger partial charge in [0, 0.05) is 70.2 Å². The molecule has 0 radical (unpaired) electrons. The summed E-state index contributed by atoms with van der Waals surface area (Å²) in [4.78, 5) is 40.6. The minimum Gasteiger partial charge on any atom is -0.497 e. The number of nitrogens with zero attached hydrogens (tertiary/aromatic N) is 7. The number of benzene rings is 3. The molecular weight excluding hydrogens is 702 g/mol. The Morgan fingerprint density at radius 3 is 2.07 bits per heavy atom. The van der Waals surface area contributed by atoms with Gasteiger partial charge in [0.2, 0.25) is 0 Å². The number of hydrogen-bond donors (Lipinski definition) is 0. The summed E-state index contributed by atoms with van der Waals surface area (Å²) in [7, 11) is 8.65. The first kappa shape index (κ1) is 38.2. The van der Waals surface area contributed by atoms with Crippen LogP contribution >= 0.6 is 11.6 Å². The lowest BCUT2D eigenvalue weighted by atomic mass is 9.82. The maximum Gasteiger partial charge on any atom is 0.320 e. The van der Waals surface area contributed by atoms with Crippen LogP contribution in [0.25, 0.3) is 0 Å². The maximum atomic E-state index is 14.3. The highest BCUT2D eigenvalue weighted by Crippen LogP contribution is 2.35. The number of amides is 3. The molecule has 0 saturated carbocycles. The van der Waals surface area contributed by atoms with Gasteiger partial charge in [0.05, 0.1) is 20.3 Å². The zero-order chi connectivity index (χ0) is 38.4. The van der Waals surface area contributed by atoms with E-state index in [2.05, 4.69) is 40.3 Å². The lowest BCUT2D eigenvalue weighted by molar-refractivity contribution is -0.130. The van der Waals surface area contributed by atoms with Crippen molar-refractivity contribution < 1.29 is 19.1 Å². The number of aryl methyl sites for hydroxylation is 1. The Balaban J connectivity index is 1.26. The average molecular weight is 750 g/mol. The molecule has 54 heavy (non-hydrogen) atoms. The predicted molar refractivity (Wildman–Crippen MR) is 212 cm³/mol. The molecule has 1 aliphatic rings. The van der Waals surface area contributed by atoms with Crippen LogP contribution in [0.3, 0.4) is 0 Å². The smallest absolute Gasteiger partial charge is 0.320 e. The van der Waals surface area contributed by atoms with Crippen LogP contribution in [0.4, 0.5) is 16.4 Å². The van der Waals surface area contributed by atoms with Crippen LogP contribution < -0.4 is 19.3 Å². The maximum absolute atomic E-state index is 14.3. The second-order valence-corrected chi connectivity index (χ2v) is 14.2. The van der Waals surface area contributed by atoms with Gasteiger partial charge in [0.1, 0.15) is 23.4 Å². The van der Waals surface area contributed by atoms with Crippen LogP contribution in [0, 0.1) is 5.92 Å². The molecule has 11 nitrogen and oxygen atoms in total. The second-order valence-electron chi connectivity index (χ2n) is 13.8. The van der Waals surface area contributed by atoms with E-state index in [0.29, 0.717) is 43.3 Å². The molecule has 1 aliphatic heterocycles. The van der Waals surface area contributed by atoms with Crippen LogP contribution in [0.15, 0.2) is 103 Å². The Morgan fingerprint density at radius 1 is 0.870 bits per heavy atom. The lowest BCUT2D eigenvalue weighted by Gasteiger charge is -2.49. The molecule has 5 aromatic rings. The number of anilines is 2. The third-order valence-electron chi connectivity index (χ3n) is 10.2. The highest BCUT2D eigenvalue weighted by Gasteiger charge is 2.49. The van der Waals surface area contributed by atoms with Crippen molar-refractivity contribution in [2.24, 2.45) is 13.0 Å². The van der Waals surface area contributed by atoms with Gasteiger partial charge in [-0.3, -0.25) is 14.4 Å². The van der Waals surface area contributed by atoms with E-state index < -0.39 is 6.04 Å². The molecule has 0 unspecified atom stereocenters. The molecule has 0 spiro atoms. The summed E-state index contributed by atoms with van der Waals surface area (Å²) in [6, 6.07) is 28.5. The molecule has 3 aromatic carbocycles. The highest BCUT2D eigenvalue weighted by atomic mass is 35.5. The lowest BCUT2D eigenvalue weighted by Crippen LogP contribution is -2.67. The SMILES string of the molecule is CC[C@H](c1cccc(Cl)c1)N(C)C(=O)N1C[C@H](Cc2ccnc(N(Cc3ccc(OC)cc3)Cc3ccc(OC)cc3)c2)[C@H]1C(=O)N(C)c1ccn(C)n1. The number of pyridine rings is 1. The first-order valence-electron chi connectivity index (χ1n) is 18.1. The summed E-state index contributed by atoms with van der Waals surface area (Å²) in [6.45, 7) is 3.71. The van der Waals surface area contributed by atoms with Crippen molar-refractivity contribution in [3.8, 4) is 11.5 Å². The van der Waals surface area contributed by atoms with Crippen LogP contribution in [0.1, 0.15) is 41.6 Å². The van der Waals surface area contributed by atoms with Gasteiger partial charge in [-0.2, -0.15) is 5.10 Å². The molecule has 0 aliphatic carbocycles. The van der Waals surface area contributed by atoms with Gasteiger partial charge in [-0.1, -0.05) is 54.9 Å². The first-order chi connectivity index (χ1) is 26.1. The molecular formula is C42H48ClN7O4.